The number of piperidine rings is 1. The van der Waals surface area contributed by atoms with Crippen molar-refractivity contribution in [1.82, 2.24) is 14.8 Å². The molecule has 0 radical (unpaired) electrons. The summed E-state index contributed by atoms with van der Waals surface area (Å²) in [5.41, 5.74) is 2.15. The number of rotatable bonds is 9. The fourth-order valence-corrected chi connectivity index (χ4v) is 4.57. The zero-order chi connectivity index (χ0) is 25.5. The second kappa shape index (κ2) is 11.9. The van der Waals surface area contributed by atoms with E-state index in [9.17, 15) is 14.0 Å². The molecule has 0 unspecified atom stereocenters. The summed E-state index contributed by atoms with van der Waals surface area (Å²) in [4.78, 5) is 33.5. The van der Waals surface area contributed by atoms with E-state index in [1.54, 1.807) is 17.9 Å². The Balaban J connectivity index is 1.48. The minimum Gasteiger partial charge on any atom is -0.466 e. The monoisotopic (exact) mass is 493 g/mol. The lowest BCUT2D eigenvalue weighted by Gasteiger charge is -2.31. The van der Waals surface area contributed by atoms with Gasteiger partial charge in [0.1, 0.15) is 12.1 Å². The van der Waals surface area contributed by atoms with Crippen molar-refractivity contribution in [2.45, 2.75) is 45.8 Å². The molecule has 1 fully saturated rings. The number of likely N-dealkylation sites (tertiary alicyclic amines) is 1. The van der Waals surface area contributed by atoms with Gasteiger partial charge in [0.15, 0.2) is 5.69 Å². The molecule has 8 heteroatoms. The van der Waals surface area contributed by atoms with Gasteiger partial charge in [0.05, 0.1) is 19.1 Å². The molecule has 0 N–H and O–H groups in total. The first kappa shape index (κ1) is 25.6. The van der Waals surface area contributed by atoms with Gasteiger partial charge in [-0.3, -0.25) is 14.5 Å². The number of ether oxygens (including phenoxy) is 1. The molecule has 2 aromatic carbocycles. The number of carbonyl (C=O) groups excluding carboxylic acids is 2. The van der Waals surface area contributed by atoms with Crippen molar-refractivity contribution in [2.75, 3.05) is 19.7 Å². The molecule has 3 aromatic rings. The highest BCUT2D eigenvalue weighted by Crippen LogP contribution is 2.25. The van der Waals surface area contributed by atoms with E-state index in [-0.39, 0.29) is 35.3 Å². The van der Waals surface area contributed by atoms with Crippen LogP contribution in [0.15, 0.2) is 65.3 Å². The standard InChI is InChI=1S/C28H32FN3O4/c1-3-35-28(34)23-12-8-14-31(17-23)27(33)25-19-36-26(30-25)18-32(16-21-9-7-13-24(29)15-21)20(2)22-10-5-4-6-11-22/h4-7,9-11,13,15,19-20,23H,3,8,12,14,16-18H2,1-2H3/t20-,23+/m0/s1. The molecule has 7 nitrogen and oxygen atoms in total. The number of benzene rings is 2. The van der Waals surface area contributed by atoms with Crippen molar-refractivity contribution in [3.05, 3.63) is 89.4 Å². The van der Waals surface area contributed by atoms with E-state index >= 15 is 0 Å². The fourth-order valence-electron chi connectivity index (χ4n) is 4.57. The van der Waals surface area contributed by atoms with Crippen LogP contribution in [0.2, 0.25) is 0 Å². The third-order valence-corrected chi connectivity index (χ3v) is 6.54. The molecule has 1 aliphatic heterocycles. The summed E-state index contributed by atoms with van der Waals surface area (Å²) in [7, 11) is 0. The first-order chi connectivity index (χ1) is 17.4. The average molecular weight is 494 g/mol. The summed E-state index contributed by atoms with van der Waals surface area (Å²) >= 11 is 0. The Morgan fingerprint density at radius 3 is 2.75 bits per heavy atom. The smallest absolute Gasteiger partial charge is 0.310 e. The molecule has 1 saturated heterocycles. The number of amides is 1. The van der Waals surface area contributed by atoms with E-state index in [0.717, 1.165) is 17.5 Å². The normalized spacial score (nSPS) is 16.7. The summed E-state index contributed by atoms with van der Waals surface area (Å²) in [5, 5.41) is 0. The highest BCUT2D eigenvalue weighted by atomic mass is 19.1. The number of hydrogen-bond donors (Lipinski definition) is 0. The number of hydrogen-bond acceptors (Lipinski definition) is 6. The first-order valence-electron chi connectivity index (χ1n) is 12.4. The molecule has 1 aliphatic rings. The largest absolute Gasteiger partial charge is 0.466 e. The molecule has 190 valence electrons. The van der Waals surface area contributed by atoms with Gasteiger partial charge in [-0.15, -0.1) is 0 Å². The molecule has 0 saturated carbocycles. The lowest BCUT2D eigenvalue weighted by Crippen LogP contribution is -2.43. The van der Waals surface area contributed by atoms with Gasteiger partial charge in [0.2, 0.25) is 5.89 Å². The van der Waals surface area contributed by atoms with Crippen LogP contribution in [0, 0.1) is 11.7 Å². The molecule has 4 rings (SSSR count). The van der Waals surface area contributed by atoms with Gasteiger partial charge in [-0.25, -0.2) is 9.37 Å². The Kier molecular flexibility index (Phi) is 8.48. The predicted molar refractivity (Wildman–Crippen MR) is 132 cm³/mol. The van der Waals surface area contributed by atoms with Crippen LogP contribution in [0.3, 0.4) is 0 Å². The third kappa shape index (κ3) is 6.37. The highest BCUT2D eigenvalue weighted by Gasteiger charge is 2.31. The van der Waals surface area contributed by atoms with E-state index in [0.29, 0.717) is 45.1 Å². The molecular weight excluding hydrogens is 461 g/mol. The fraction of sp³-hybridized carbons (Fsp3) is 0.393. The zero-order valence-corrected chi connectivity index (χ0v) is 20.7. The van der Waals surface area contributed by atoms with Gasteiger partial charge in [0, 0.05) is 25.7 Å². The lowest BCUT2D eigenvalue weighted by atomic mass is 9.98. The molecule has 36 heavy (non-hydrogen) atoms. The molecular formula is C28H32FN3O4. The van der Waals surface area contributed by atoms with Crippen LogP contribution in [0.5, 0.6) is 0 Å². The maximum Gasteiger partial charge on any atom is 0.310 e. The van der Waals surface area contributed by atoms with Gasteiger partial charge in [-0.05, 0) is 49.9 Å². The maximum absolute atomic E-state index is 13.8. The van der Waals surface area contributed by atoms with Crippen LogP contribution in [0.4, 0.5) is 4.39 Å². The Morgan fingerprint density at radius 2 is 2.00 bits per heavy atom. The number of aromatic nitrogens is 1. The molecule has 2 atom stereocenters. The van der Waals surface area contributed by atoms with Gasteiger partial charge in [-0.1, -0.05) is 42.5 Å². The quantitative estimate of drug-likeness (QED) is 0.391. The van der Waals surface area contributed by atoms with Gasteiger partial charge in [-0.2, -0.15) is 0 Å². The number of halogens is 1. The minimum absolute atomic E-state index is 0.00653. The lowest BCUT2D eigenvalue weighted by molar-refractivity contribution is -0.149. The van der Waals surface area contributed by atoms with E-state index in [4.69, 9.17) is 9.15 Å². The van der Waals surface area contributed by atoms with Crippen molar-refractivity contribution in [3.63, 3.8) is 0 Å². The molecule has 0 aliphatic carbocycles. The molecule has 0 spiro atoms. The van der Waals surface area contributed by atoms with Crippen LogP contribution in [0.1, 0.15) is 60.2 Å². The van der Waals surface area contributed by atoms with Crippen LogP contribution < -0.4 is 0 Å². The highest BCUT2D eigenvalue weighted by molar-refractivity contribution is 5.92. The van der Waals surface area contributed by atoms with Crippen molar-refractivity contribution in [2.24, 2.45) is 5.92 Å². The van der Waals surface area contributed by atoms with Crippen LogP contribution in [-0.4, -0.2) is 46.4 Å². The number of oxazole rings is 1. The minimum atomic E-state index is -0.317. The Morgan fingerprint density at radius 1 is 1.19 bits per heavy atom. The van der Waals surface area contributed by atoms with E-state index in [1.807, 2.05) is 36.4 Å². The predicted octanol–water partition coefficient (Wildman–Crippen LogP) is 4.99. The van der Waals surface area contributed by atoms with Crippen molar-refractivity contribution < 1.29 is 23.1 Å². The van der Waals surface area contributed by atoms with E-state index < -0.39 is 0 Å². The maximum atomic E-state index is 13.8. The van der Waals surface area contributed by atoms with Gasteiger partial charge in [0.25, 0.3) is 5.91 Å². The second-order valence-electron chi connectivity index (χ2n) is 9.09. The van der Waals surface area contributed by atoms with Crippen LogP contribution >= 0.6 is 0 Å². The van der Waals surface area contributed by atoms with Crippen molar-refractivity contribution >= 4 is 11.9 Å². The number of carbonyl (C=O) groups is 2. The Labute approximate surface area is 210 Å². The van der Waals surface area contributed by atoms with Crippen LogP contribution in [-0.2, 0) is 22.6 Å². The van der Waals surface area contributed by atoms with Gasteiger partial charge < -0.3 is 14.1 Å². The number of esters is 1. The summed E-state index contributed by atoms with van der Waals surface area (Å²) in [6.07, 6.45) is 2.81. The zero-order valence-electron chi connectivity index (χ0n) is 20.7. The van der Waals surface area contributed by atoms with E-state index in [1.165, 1.54) is 18.4 Å². The van der Waals surface area contributed by atoms with E-state index in [2.05, 4.69) is 16.8 Å². The van der Waals surface area contributed by atoms with Crippen molar-refractivity contribution in [3.8, 4) is 0 Å². The third-order valence-electron chi connectivity index (χ3n) is 6.54. The summed E-state index contributed by atoms with van der Waals surface area (Å²) in [5.74, 6) is -0.726. The molecule has 1 amide bonds. The summed E-state index contributed by atoms with van der Waals surface area (Å²) in [6.45, 7) is 5.87. The molecule has 1 aromatic heterocycles. The SMILES string of the molecule is CCOC(=O)[C@@H]1CCCN(C(=O)c2coc(CN(Cc3cccc(F)c3)[C@@H](C)c3ccccc3)n2)C1. The van der Waals surface area contributed by atoms with Gasteiger partial charge >= 0.3 is 5.97 Å². The summed E-state index contributed by atoms with van der Waals surface area (Å²) < 4.78 is 24.7. The van der Waals surface area contributed by atoms with Crippen molar-refractivity contribution in [1.29, 1.82) is 0 Å². The Bertz CT molecular complexity index is 1170. The van der Waals surface area contributed by atoms with Crippen LogP contribution in [0.25, 0.3) is 0 Å². The average Bonchev–Trinajstić information content (AvgIpc) is 3.37. The summed E-state index contributed by atoms with van der Waals surface area (Å²) in [6, 6.07) is 16.5. The number of nitrogens with zero attached hydrogens (tertiary/aromatic N) is 3. The Hall–Kier alpha value is -3.52. The molecule has 0 bridgehead atoms. The first-order valence-corrected chi connectivity index (χ1v) is 12.4. The second-order valence-corrected chi connectivity index (χ2v) is 9.09. The molecule has 2 heterocycles. The topological polar surface area (TPSA) is 75.9 Å².